The lowest BCUT2D eigenvalue weighted by Crippen LogP contribution is -2.35. The molecule has 0 saturated carbocycles. The molecule has 0 bridgehead atoms. The highest BCUT2D eigenvalue weighted by molar-refractivity contribution is 7.85. The van der Waals surface area contributed by atoms with E-state index in [1.807, 2.05) is 0 Å². The van der Waals surface area contributed by atoms with E-state index in [0.717, 1.165) is 0 Å². The van der Waals surface area contributed by atoms with Crippen LogP contribution in [0, 0.1) is 5.92 Å². The Kier molecular flexibility index (Phi) is 5.91. The molecule has 0 heterocycles. The van der Waals surface area contributed by atoms with Gasteiger partial charge in [-0.3, -0.25) is 4.55 Å². The van der Waals surface area contributed by atoms with Gasteiger partial charge in [-0.05, 0) is 33.1 Å². The predicted octanol–water partition coefficient (Wildman–Crippen LogP) is 1.43. The molecule has 0 fully saturated rings. The molecule has 0 aromatic carbocycles. The molecule has 0 aliphatic carbocycles. The number of carbonyl (C=O) groups excluding carboxylic acids is 1. The van der Waals surface area contributed by atoms with Crippen LogP contribution in [-0.4, -0.2) is 37.0 Å². The Morgan fingerprint density at radius 1 is 1.41 bits per heavy atom. The quantitative estimate of drug-likeness (QED) is 0.735. The predicted molar refractivity (Wildman–Crippen MR) is 64.4 cm³/mol. The molecular formula is C10H21NO5S. The van der Waals surface area contributed by atoms with Crippen LogP contribution < -0.4 is 5.32 Å². The molecular weight excluding hydrogens is 246 g/mol. The summed E-state index contributed by atoms with van der Waals surface area (Å²) in [6.07, 6.45) is -0.245. The summed E-state index contributed by atoms with van der Waals surface area (Å²) in [6, 6.07) is 0. The van der Waals surface area contributed by atoms with Crippen LogP contribution in [0.5, 0.6) is 0 Å². The van der Waals surface area contributed by atoms with Gasteiger partial charge in [-0.2, -0.15) is 8.42 Å². The lowest BCUT2D eigenvalue weighted by atomic mass is 10.1. The first-order chi connectivity index (χ1) is 7.49. The van der Waals surface area contributed by atoms with Gasteiger partial charge in [0.15, 0.2) is 0 Å². The molecule has 0 saturated heterocycles. The largest absolute Gasteiger partial charge is 0.444 e. The van der Waals surface area contributed by atoms with Crippen molar-refractivity contribution in [3.05, 3.63) is 0 Å². The van der Waals surface area contributed by atoms with E-state index in [1.165, 1.54) is 0 Å². The van der Waals surface area contributed by atoms with Gasteiger partial charge in [-0.25, -0.2) is 4.79 Å². The molecule has 1 unspecified atom stereocenters. The number of nitrogens with one attached hydrogen (secondary N) is 1. The molecule has 0 aromatic rings. The van der Waals surface area contributed by atoms with E-state index < -0.39 is 21.8 Å². The van der Waals surface area contributed by atoms with E-state index in [1.54, 1.807) is 27.7 Å². The van der Waals surface area contributed by atoms with E-state index >= 15 is 0 Å². The van der Waals surface area contributed by atoms with Gasteiger partial charge in [-0.15, -0.1) is 0 Å². The molecule has 0 rings (SSSR count). The minimum atomic E-state index is -3.93. The minimum Gasteiger partial charge on any atom is -0.444 e. The van der Waals surface area contributed by atoms with Gasteiger partial charge in [0.05, 0.1) is 5.75 Å². The smallest absolute Gasteiger partial charge is 0.407 e. The number of carbonyl (C=O) groups is 1. The highest BCUT2D eigenvalue weighted by Gasteiger charge is 2.16. The van der Waals surface area contributed by atoms with Crippen LogP contribution in [0.2, 0.25) is 0 Å². The molecule has 0 aliphatic rings. The van der Waals surface area contributed by atoms with Gasteiger partial charge in [0.25, 0.3) is 10.1 Å². The van der Waals surface area contributed by atoms with Crippen molar-refractivity contribution in [2.24, 2.45) is 5.92 Å². The molecule has 6 nitrogen and oxygen atoms in total. The Hall–Kier alpha value is -0.820. The summed E-state index contributed by atoms with van der Waals surface area (Å²) in [5, 5.41) is 2.54. The summed E-state index contributed by atoms with van der Waals surface area (Å²) < 4.78 is 34.6. The van der Waals surface area contributed by atoms with Gasteiger partial charge in [0.2, 0.25) is 0 Å². The Labute approximate surface area is 102 Å². The van der Waals surface area contributed by atoms with Crippen molar-refractivity contribution in [1.29, 1.82) is 0 Å². The SMILES string of the molecule is CC(CCS(=O)(=O)O)CNC(=O)OC(C)(C)C. The number of ether oxygens (including phenoxy) is 1. The topological polar surface area (TPSA) is 92.7 Å². The molecule has 102 valence electrons. The van der Waals surface area contributed by atoms with Gasteiger partial charge in [-0.1, -0.05) is 6.92 Å². The van der Waals surface area contributed by atoms with E-state index in [9.17, 15) is 13.2 Å². The van der Waals surface area contributed by atoms with E-state index in [2.05, 4.69) is 5.32 Å². The average Bonchev–Trinajstić information content (AvgIpc) is 2.07. The highest BCUT2D eigenvalue weighted by atomic mass is 32.2. The highest BCUT2D eigenvalue weighted by Crippen LogP contribution is 2.07. The van der Waals surface area contributed by atoms with Crippen LogP contribution >= 0.6 is 0 Å². The molecule has 0 spiro atoms. The second-order valence-electron chi connectivity index (χ2n) is 5.06. The molecule has 7 heteroatoms. The number of amides is 1. The molecule has 1 amide bonds. The number of hydrogen-bond donors (Lipinski definition) is 2. The Morgan fingerprint density at radius 3 is 2.35 bits per heavy atom. The zero-order chi connectivity index (χ0) is 13.7. The van der Waals surface area contributed by atoms with E-state index in [-0.39, 0.29) is 18.1 Å². The van der Waals surface area contributed by atoms with E-state index in [0.29, 0.717) is 6.54 Å². The summed E-state index contributed by atoms with van der Waals surface area (Å²) >= 11 is 0. The molecule has 1 atom stereocenters. The van der Waals surface area contributed by atoms with Crippen LogP contribution in [0.25, 0.3) is 0 Å². The Balaban J connectivity index is 3.85. The summed E-state index contributed by atoms with van der Waals surface area (Å²) in [4.78, 5) is 11.3. The Bertz CT molecular complexity index is 344. The van der Waals surface area contributed by atoms with Gasteiger partial charge >= 0.3 is 6.09 Å². The van der Waals surface area contributed by atoms with Crippen molar-refractivity contribution >= 4 is 16.2 Å². The van der Waals surface area contributed by atoms with Crippen molar-refractivity contribution in [3.63, 3.8) is 0 Å². The minimum absolute atomic E-state index is 0.0514. The van der Waals surface area contributed by atoms with Crippen LogP contribution in [0.4, 0.5) is 4.79 Å². The van der Waals surface area contributed by atoms with Crippen LogP contribution in [0.15, 0.2) is 0 Å². The first-order valence-electron chi connectivity index (χ1n) is 5.41. The fourth-order valence-electron chi connectivity index (χ4n) is 1.02. The fraction of sp³-hybridized carbons (Fsp3) is 0.900. The van der Waals surface area contributed by atoms with Crippen molar-refractivity contribution in [2.45, 2.75) is 39.7 Å². The van der Waals surface area contributed by atoms with Crippen molar-refractivity contribution in [3.8, 4) is 0 Å². The zero-order valence-corrected chi connectivity index (χ0v) is 11.5. The lowest BCUT2D eigenvalue weighted by Gasteiger charge is -2.20. The van der Waals surface area contributed by atoms with Gasteiger partial charge in [0.1, 0.15) is 5.60 Å². The molecule has 0 aromatic heterocycles. The first-order valence-corrected chi connectivity index (χ1v) is 7.02. The van der Waals surface area contributed by atoms with Crippen LogP contribution in [-0.2, 0) is 14.9 Å². The third kappa shape index (κ3) is 11.4. The Morgan fingerprint density at radius 2 is 1.94 bits per heavy atom. The number of hydrogen-bond acceptors (Lipinski definition) is 4. The second-order valence-corrected chi connectivity index (χ2v) is 6.63. The van der Waals surface area contributed by atoms with Crippen molar-refractivity contribution in [2.75, 3.05) is 12.3 Å². The summed E-state index contributed by atoms with van der Waals surface area (Å²) in [5.74, 6) is -0.353. The standard InChI is InChI=1S/C10H21NO5S/c1-8(5-6-17(13,14)15)7-11-9(12)16-10(2,3)4/h8H,5-7H2,1-4H3,(H,11,12)(H,13,14,15). The molecule has 0 aliphatic heterocycles. The molecule has 17 heavy (non-hydrogen) atoms. The number of alkyl carbamates (subject to hydrolysis) is 1. The molecule has 2 N–H and O–H groups in total. The summed E-state index contributed by atoms with van der Waals surface area (Å²) in [6.45, 7) is 7.37. The van der Waals surface area contributed by atoms with Crippen LogP contribution in [0.3, 0.4) is 0 Å². The second kappa shape index (κ2) is 6.20. The van der Waals surface area contributed by atoms with Crippen molar-refractivity contribution in [1.82, 2.24) is 5.32 Å². The monoisotopic (exact) mass is 267 g/mol. The van der Waals surface area contributed by atoms with Crippen molar-refractivity contribution < 1.29 is 22.5 Å². The maximum Gasteiger partial charge on any atom is 0.407 e. The molecule has 0 radical (unpaired) electrons. The fourth-order valence-corrected chi connectivity index (χ4v) is 1.72. The number of rotatable bonds is 5. The van der Waals surface area contributed by atoms with E-state index in [4.69, 9.17) is 9.29 Å². The zero-order valence-electron chi connectivity index (χ0n) is 10.7. The van der Waals surface area contributed by atoms with Gasteiger partial charge in [0, 0.05) is 6.54 Å². The third-order valence-electron chi connectivity index (χ3n) is 1.86. The maximum atomic E-state index is 11.3. The summed E-state index contributed by atoms with van der Waals surface area (Å²) in [5.41, 5.74) is -0.554. The average molecular weight is 267 g/mol. The first kappa shape index (κ1) is 16.2. The summed E-state index contributed by atoms with van der Waals surface area (Å²) in [7, 11) is -3.93. The van der Waals surface area contributed by atoms with Gasteiger partial charge < -0.3 is 10.1 Å². The van der Waals surface area contributed by atoms with Crippen LogP contribution in [0.1, 0.15) is 34.1 Å². The third-order valence-corrected chi connectivity index (χ3v) is 2.61. The lowest BCUT2D eigenvalue weighted by molar-refractivity contribution is 0.0520. The normalized spacial score (nSPS) is 14.2. The maximum absolute atomic E-state index is 11.3.